The van der Waals surface area contributed by atoms with Crippen LogP contribution in [0.5, 0.6) is 11.5 Å². The first-order chi connectivity index (χ1) is 9.26. The zero-order valence-electron chi connectivity index (χ0n) is 10.7. The minimum Gasteiger partial charge on any atom is -0.497 e. The van der Waals surface area contributed by atoms with E-state index in [0.717, 1.165) is 17.1 Å². The molecule has 0 spiro atoms. The molecule has 1 aromatic heterocycles. The molecule has 0 saturated carbocycles. The number of hydrogen-bond acceptors (Lipinski definition) is 5. The molecule has 0 fully saturated rings. The van der Waals surface area contributed by atoms with E-state index in [1.165, 1.54) is 0 Å². The molecule has 0 atom stereocenters. The minimum atomic E-state index is 0.354. The van der Waals surface area contributed by atoms with E-state index < -0.39 is 0 Å². The topological polar surface area (TPSA) is 67.2 Å². The fraction of sp³-hybridized carbons (Fsp3) is 0.143. The normalized spacial score (nSPS) is 9.53. The fourth-order valence-corrected chi connectivity index (χ4v) is 1.64. The minimum absolute atomic E-state index is 0.354. The second kappa shape index (κ2) is 5.74. The molecule has 0 bridgehead atoms. The van der Waals surface area contributed by atoms with Crippen LogP contribution in [0.15, 0.2) is 36.5 Å². The van der Waals surface area contributed by atoms with Crippen molar-refractivity contribution >= 4 is 11.4 Å². The SMILES string of the molecule is COc1ccc(OC)c(Nc2ccnc(C#N)c2)c1. The van der Waals surface area contributed by atoms with Crippen LogP contribution in [-0.2, 0) is 0 Å². The lowest BCUT2D eigenvalue weighted by Crippen LogP contribution is -1.96. The molecule has 0 saturated heterocycles. The number of hydrogen-bond donors (Lipinski definition) is 1. The van der Waals surface area contributed by atoms with E-state index in [-0.39, 0.29) is 0 Å². The van der Waals surface area contributed by atoms with E-state index in [1.54, 1.807) is 32.5 Å². The lowest BCUT2D eigenvalue weighted by Gasteiger charge is -2.12. The molecule has 0 aliphatic heterocycles. The van der Waals surface area contributed by atoms with Gasteiger partial charge in [-0.25, -0.2) is 4.98 Å². The van der Waals surface area contributed by atoms with E-state index in [9.17, 15) is 0 Å². The van der Waals surface area contributed by atoms with Crippen molar-refractivity contribution in [3.8, 4) is 17.6 Å². The summed E-state index contributed by atoms with van der Waals surface area (Å²) < 4.78 is 10.5. The van der Waals surface area contributed by atoms with Gasteiger partial charge < -0.3 is 14.8 Å². The van der Waals surface area contributed by atoms with Gasteiger partial charge in [0.2, 0.25) is 0 Å². The molecule has 96 valence electrons. The maximum Gasteiger partial charge on any atom is 0.142 e. The smallest absolute Gasteiger partial charge is 0.142 e. The number of methoxy groups -OCH3 is 2. The monoisotopic (exact) mass is 255 g/mol. The van der Waals surface area contributed by atoms with Crippen LogP contribution in [0.3, 0.4) is 0 Å². The van der Waals surface area contributed by atoms with Crippen molar-refractivity contribution in [3.05, 3.63) is 42.2 Å². The van der Waals surface area contributed by atoms with Crippen molar-refractivity contribution < 1.29 is 9.47 Å². The number of anilines is 2. The highest BCUT2D eigenvalue weighted by molar-refractivity contribution is 5.68. The standard InChI is InChI=1S/C14H13N3O2/c1-18-12-3-4-14(19-2)13(8-12)17-10-5-6-16-11(7-10)9-15/h3-8H,1-2H3,(H,16,17). The van der Waals surface area contributed by atoms with Crippen molar-refractivity contribution in [1.82, 2.24) is 4.98 Å². The summed E-state index contributed by atoms with van der Waals surface area (Å²) in [6.45, 7) is 0. The number of benzene rings is 1. The summed E-state index contributed by atoms with van der Waals surface area (Å²) in [6.07, 6.45) is 1.58. The van der Waals surface area contributed by atoms with E-state index in [4.69, 9.17) is 14.7 Å². The molecular formula is C14H13N3O2. The molecule has 2 rings (SSSR count). The Morgan fingerprint density at radius 1 is 1.16 bits per heavy atom. The van der Waals surface area contributed by atoms with E-state index in [1.807, 2.05) is 24.3 Å². The van der Waals surface area contributed by atoms with Gasteiger partial charge in [-0.1, -0.05) is 0 Å². The average molecular weight is 255 g/mol. The number of pyridine rings is 1. The molecule has 0 amide bonds. The quantitative estimate of drug-likeness (QED) is 0.909. The molecule has 5 heteroatoms. The van der Waals surface area contributed by atoms with Gasteiger partial charge in [0.05, 0.1) is 19.9 Å². The molecule has 1 aromatic carbocycles. The predicted octanol–water partition coefficient (Wildman–Crippen LogP) is 2.71. The molecule has 0 unspecified atom stereocenters. The Bertz CT molecular complexity index is 620. The van der Waals surface area contributed by atoms with Gasteiger partial charge in [-0.2, -0.15) is 5.26 Å². The number of ether oxygens (including phenoxy) is 2. The van der Waals surface area contributed by atoms with E-state index in [0.29, 0.717) is 11.4 Å². The van der Waals surface area contributed by atoms with Gasteiger partial charge in [0, 0.05) is 18.0 Å². The summed E-state index contributed by atoms with van der Waals surface area (Å²) >= 11 is 0. The second-order valence-corrected chi connectivity index (χ2v) is 3.73. The highest BCUT2D eigenvalue weighted by atomic mass is 16.5. The summed E-state index contributed by atoms with van der Waals surface area (Å²) in [5.74, 6) is 1.41. The van der Waals surface area contributed by atoms with Crippen molar-refractivity contribution in [2.24, 2.45) is 0 Å². The van der Waals surface area contributed by atoms with Gasteiger partial charge in [-0.05, 0) is 24.3 Å². The van der Waals surface area contributed by atoms with Crippen LogP contribution in [0.4, 0.5) is 11.4 Å². The summed E-state index contributed by atoms with van der Waals surface area (Å²) in [6, 6.07) is 10.9. The lowest BCUT2D eigenvalue weighted by atomic mass is 10.2. The molecule has 19 heavy (non-hydrogen) atoms. The third-order valence-electron chi connectivity index (χ3n) is 2.56. The molecule has 1 heterocycles. The summed E-state index contributed by atoms with van der Waals surface area (Å²) in [5.41, 5.74) is 1.88. The highest BCUT2D eigenvalue weighted by Gasteiger charge is 2.06. The Hall–Kier alpha value is -2.74. The van der Waals surface area contributed by atoms with E-state index >= 15 is 0 Å². The number of nitrogens with one attached hydrogen (secondary N) is 1. The van der Waals surface area contributed by atoms with Crippen molar-refractivity contribution in [2.75, 3.05) is 19.5 Å². The Morgan fingerprint density at radius 3 is 2.68 bits per heavy atom. The Balaban J connectivity index is 2.33. The molecule has 0 aliphatic rings. The van der Waals surface area contributed by atoms with Crippen LogP contribution in [0.1, 0.15) is 5.69 Å². The van der Waals surface area contributed by atoms with Crippen molar-refractivity contribution in [2.45, 2.75) is 0 Å². The van der Waals surface area contributed by atoms with Crippen LogP contribution in [0.2, 0.25) is 0 Å². The van der Waals surface area contributed by atoms with Crippen LogP contribution < -0.4 is 14.8 Å². The van der Waals surface area contributed by atoms with Gasteiger partial charge in [0.15, 0.2) is 0 Å². The Kier molecular flexibility index (Phi) is 3.84. The third-order valence-corrected chi connectivity index (χ3v) is 2.56. The number of nitrogens with zero attached hydrogens (tertiary/aromatic N) is 2. The van der Waals surface area contributed by atoms with Crippen LogP contribution in [-0.4, -0.2) is 19.2 Å². The van der Waals surface area contributed by atoms with Gasteiger partial charge in [-0.15, -0.1) is 0 Å². The molecule has 5 nitrogen and oxygen atoms in total. The number of aromatic nitrogens is 1. The maximum atomic E-state index is 8.83. The zero-order chi connectivity index (χ0) is 13.7. The van der Waals surface area contributed by atoms with Crippen molar-refractivity contribution in [1.29, 1.82) is 5.26 Å². The average Bonchev–Trinajstić information content (AvgIpc) is 2.47. The Morgan fingerprint density at radius 2 is 2.00 bits per heavy atom. The van der Waals surface area contributed by atoms with Crippen LogP contribution in [0, 0.1) is 11.3 Å². The van der Waals surface area contributed by atoms with Gasteiger partial charge in [0.25, 0.3) is 0 Å². The van der Waals surface area contributed by atoms with Crippen LogP contribution in [0.25, 0.3) is 0 Å². The second-order valence-electron chi connectivity index (χ2n) is 3.73. The lowest BCUT2D eigenvalue weighted by molar-refractivity contribution is 0.405. The first kappa shape index (κ1) is 12.7. The van der Waals surface area contributed by atoms with Crippen molar-refractivity contribution in [3.63, 3.8) is 0 Å². The third kappa shape index (κ3) is 2.93. The molecular weight excluding hydrogens is 242 g/mol. The van der Waals surface area contributed by atoms with E-state index in [2.05, 4.69) is 10.3 Å². The largest absolute Gasteiger partial charge is 0.497 e. The first-order valence-electron chi connectivity index (χ1n) is 5.62. The zero-order valence-corrected chi connectivity index (χ0v) is 10.7. The Labute approximate surface area is 111 Å². The summed E-state index contributed by atoms with van der Waals surface area (Å²) in [5, 5.41) is 12.0. The predicted molar refractivity (Wildman–Crippen MR) is 71.8 cm³/mol. The maximum absolute atomic E-state index is 8.83. The van der Waals surface area contributed by atoms with Gasteiger partial charge in [-0.3, -0.25) is 0 Å². The number of nitriles is 1. The number of rotatable bonds is 4. The molecule has 1 N–H and O–H groups in total. The summed E-state index contributed by atoms with van der Waals surface area (Å²) in [4.78, 5) is 3.92. The molecule has 0 radical (unpaired) electrons. The highest BCUT2D eigenvalue weighted by Crippen LogP contribution is 2.31. The molecule has 2 aromatic rings. The van der Waals surface area contributed by atoms with Crippen LogP contribution >= 0.6 is 0 Å². The molecule has 0 aliphatic carbocycles. The van der Waals surface area contributed by atoms with Gasteiger partial charge >= 0.3 is 0 Å². The first-order valence-corrected chi connectivity index (χ1v) is 5.62. The fourth-order valence-electron chi connectivity index (χ4n) is 1.64. The summed E-state index contributed by atoms with van der Waals surface area (Å²) in [7, 11) is 3.20. The van der Waals surface area contributed by atoms with Gasteiger partial charge in [0.1, 0.15) is 23.3 Å².